The Bertz CT molecular complexity index is 675. The summed E-state index contributed by atoms with van der Waals surface area (Å²) in [5, 5.41) is 1.24. The highest BCUT2D eigenvalue weighted by Gasteiger charge is 2.51. The molecule has 0 spiro atoms. The maximum atomic E-state index is 6.15. The SMILES string of the molecule is CN(C)Cc1c[nH]c2ccc(B3OC(C)(C)C(C)(C)O3)cc12. The van der Waals surface area contributed by atoms with Crippen molar-refractivity contribution in [1.82, 2.24) is 9.88 Å². The standard InChI is InChI=1S/C17H25BN2O2/c1-16(2)17(3,4)22-18(21-16)13-7-8-15-14(9-13)12(10-19-15)11-20(5)6/h7-10,19H,11H2,1-6H3. The van der Waals surface area contributed by atoms with Gasteiger partial charge in [-0.2, -0.15) is 0 Å². The number of benzene rings is 1. The van der Waals surface area contributed by atoms with Gasteiger partial charge in [0.2, 0.25) is 0 Å². The first-order valence-electron chi connectivity index (χ1n) is 7.80. The molecule has 3 rings (SSSR count). The summed E-state index contributed by atoms with van der Waals surface area (Å²) in [6.07, 6.45) is 2.08. The maximum absolute atomic E-state index is 6.15. The van der Waals surface area contributed by atoms with Crippen LogP contribution < -0.4 is 5.46 Å². The number of nitrogens with zero attached hydrogens (tertiary/aromatic N) is 1. The second-order valence-electron chi connectivity index (χ2n) is 7.44. The molecule has 1 aliphatic heterocycles. The van der Waals surface area contributed by atoms with Gasteiger partial charge >= 0.3 is 7.12 Å². The molecule has 1 N–H and O–H groups in total. The zero-order chi connectivity index (χ0) is 16.1. The van der Waals surface area contributed by atoms with Crippen molar-refractivity contribution in [3.63, 3.8) is 0 Å². The maximum Gasteiger partial charge on any atom is 0.494 e. The lowest BCUT2D eigenvalue weighted by atomic mass is 9.78. The lowest BCUT2D eigenvalue weighted by Gasteiger charge is -2.32. The third-order valence-electron chi connectivity index (χ3n) is 4.80. The van der Waals surface area contributed by atoms with E-state index in [1.165, 1.54) is 10.9 Å². The van der Waals surface area contributed by atoms with E-state index in [1.54, 1.807) is 0 Å². The van der Waals surface area contributed by atoms with Crippen molar-refractivity contribution in [1.29, 1.82) is 0 Å². The second-order valence-corrected chi connectivity index (χ2v) is 7.44. The molecule has 22 heavy (non-hydrogen) atoms. The number of aromatic nitrogens is 1. The molecular weight excluding hydrogens is 275 g/mol. The minimum atomic E-state index is -0.309. The van der Waals surface area contributed by atoms with Crippen molar-refractivity contribution in [2.45, 2.75) is 45.4 Å². The van der Waals surface area contributed by atoms with Crippen LogP contribution in [0.2, 0.25) is 0 Å². The van der Waals surface area contributed by atoms with E-state index in [1.807, 2.05) is 0 Å². The van der Waals surface area contributed by atoms with Crippen LogP contribution in [0.3, 0.4) is 0 Å². The molecule has 1 saturated heterocycles. The van der Waals surface area contributed by atoms with E-state index in [-0.39, 0.29) is 18.3 Å². The van der Waals surface area contributed by atoms with Gasteiger partial charge in [-0.15, -0.1) is 0 Å². The van der Waals surface area contributed by atoms with Crippen molar-refractivity contribution in [2.24, 2.45) is 0 Å². The first-order chi connectivity index (χ1) is 10.2. The van der Waals surface area contributed by atoms with Crippen molar-refractivity contribution in [3.8, 4) is 0 Å². The van der Waals surface area contributed by atoms with Gasteiger partial charge in [0.25, 0.3) is 0 Å². The Hall–Kier alpha value is -1.30. The molecule has 118 valence electrons. The summed E-state index contributed by atoms with van der Waals surface area (Å²) >= 11 is 0. The van der Waals surface area contributed by atoms with Crippen molar-refractivity contribution in [3.05, 3.63) is 30.0 Å². The average Bonchev–Trinajstić information content (AvgIpc) is 2.88. The Morgan fingerprint density at radius 3 is 2.32 bits per heavy atom. The highest BCUT2D eigenvalue weighted by Crippen LogP contribution is 2.36. The fourth-order valence-corrected chi connectivity index (χ4v) is 2.79. The van der Waals surface area contributed by atoms with Gasteiger partial charge in [0.15, 0.2) is 0 Å². The molecule has 1 aromatic heterocycles. The molecule has 2 heterocycles. The van der Waals surface area contributed by atoms with E-state index < -0.39 is 0 Å². The number of rotatable bonds is 3. The zero-order valence-electron chi connectivity index (χ0n) is 14.4. The number of aromatic amines is 1. The van der Waals surface area contributed by atoms with E-state index in [0.29, 0.717) is 0 Å². The monoisotopic (exact) mass is 300 g/mol. The summed E-state index contributed by atoms with van der Waals surface area (Å²) < 4.78 is 12.3. The van der Waals surface area contributed by atoms with Crippen molar-refractivity contribution in [2.75, 3.05) is 14.1 Å². The Kier molecular flexibility index (Phi) is 3.63. The molecule has 5 heteroatoms. The quantitative estimate of drug-likeness (QED) is 0.885. The average molecular weight is 300 g/mol. The predicted octanol–water partition coefficient (Wildman–Crippen LogP) is 2.53. The van der Waals surface area contributed by atoms with Gasteiger partial charge in [0.05, 0.1) is 11.2 Å². The minimum absolute atomic E-state index is 0.308. The Balaban J connectivity index is 1.96. The first-order valence-corrected chi connectivity index (χ1v) is 7.80. The van der Waals surface area contributed by atoms with Gasteiger partial charge in [-0.1, -0.05) is 12.1 Å². The van der Waals surface area contributed by atoms with Crippen LogP contribution in [0.15, 0.2) is 24.4 Å². The van der Waals surface area contributed by atoms with Crippen LogP contribution in [0.5, 0.6) is 0 Å². The number of H-pyrrole nitrogens is 1. The molecule has 4 nitrogen and oxygen atoms in total. The Morgan fingerprint density at radius 1 is 1.09 bits per heavy atom. The molecule has 0 saturated carbocycles. The molecule has 0 radical (unpaired) electrons. The van der Waals surface area contributed by atoms with Crippen LogP contribution in [-0.2, 0) is 15.9 Å². The van der Waals surface area contributed by atoms with Gasteiger partial charge in [-0.3, -0.25) is 0 Å². The van der Waals surface area contributed by atoms with Crippen LogP contribution in [0.25, 0.3) is 10.9 Å². The summed E-state index contributed by atoms with van der Waals surface area (Å²) in [4.78, 5) is 5.51. The molecule has 0 aliphatic carbocycles. The van der Waals surface area contributed by atoms with Gasteiger partial charge in [0.1, 0.15) is 0 Å². The van der Waals surface area contributed by atoms with Crippen molar-refractivity contribution >= 4 is 23.5 Å². The fraction of sp³-hybridized carbons (Fsp3) is 0.529. The normalized spacial score (nSPS) is 20.2. The Labute approximate surface area is 132 Å². The molecule has 2 aromatic rings. The summed E-state index contributed by atoms with van der Waals surface area (Å²) in [5.41, 5.74) is 2.90. The van der Waals surface area contributed by atoms with E-state index in [0.717, 1.165) is 17.5 Å². The van der Waals surface area contributed by atoms with Crippen molar-refractivity contribution < 1.29 is 9.31 Å². The number of nitrogens with one attached hydrogen (secondary N) is 1. The molecule has 0 atom stereocenters. The van der Waals surface area contributed by atoms with Crippen LogP contribution in [0.1, 0.15) is 33.3 Å². The molecule has 0 unspecified atom stereocenters. The van der Waals surface area contributed by atoms with E-state index in [4.69, 9.17) is 9.31 Å². The van der Waals surface area contributed by atoms with Gasteiger partial charge in [-0.25, -0.2) is 0 Å². The van der Waals surface area contributed by atoms with Crippen LogP contribution in [-0.4, -0.2) is 42.3 Å². The van der Waals surface area contributed by atoms with Gasteiger partial charge in [-0.05, 0) is 58.9 Å². The Morgan fingerprint density at radius 2 is 1.73 bits per heavy atom. The lowest BCUT2D eigenvalue weighted by molar-refractivity contribution is 0.00578. The van der Waals surface area contributed by atoms with Gasteiger partial charge < -0.3 is 19.2 Å². The number of hydrogen-bond donors (Lipinski definition) is 1. The third kappa shape index (κ3) is 2.58. The number of fused-ring (bicyclic) bond motifs is 1. The first kappa shape index (κ1) is 15.6. The largest absolute Gasteiger partial charge is 0.494 e. The fourth-order valence-electron chi connectivity index (χ4n) is 2.79. The molecule has 0 amide bonds. The van der Waals surface area contributed by atoms with Crippen LogP contribution in [0, 0.1) is 0 Å². The molecule has 1 fully saturated rings. The summed E-state index contributed by atoms with van der Waals surface area (Å²) in [6.45, 7) is 9.24. The summed E-state index contributed by atoms with van der Waals surface area (Å²) in [5.74, 6) is 0. The third-order valence-corrected chi connectivity index (χ3v) is 4.80. The van der Waals surface area contributed by atoms with E-state index >= 15 is 0 Å². The second kappa shape index (κ2) is 5.12. The topological polar surface area (TPSA) is 37.5 Å². The molecular formula is C17H25BN2O2. The molecule has 1 aliphatic rings. The molecule has 1 aromatic carbocycles. The van der Waals surface area contributed by atoms with E-state index in [9.17, 15) is 0 Å². The van der Waals surface area contributed by atoms with Crippen LogP contribution in [0.4, 0.5) is 0 Å². The predicted molar refractivity (Wildman–Crippen MR) is 91.4 cm³/mol. The zero-order valence-corrected chi connectivity index (χ0v) is 14.4. The smallest absolute Gasteiger partial charge is 0.399 e. The highest BCUT2D eigenvalue weighted by atomic mass is 16.7. The number of hydrogen-bond acceptors (Lipinski definition) is 3. The lowest BCUT2D eigenvalue weighted by Crippen LogP contribution is -2.41. The highest BCUT2D eigenvalue weighted by molar-refractivity contribution is 6.62. The minimum Gasteiger partial charge on any atom is -0.399 e. The summed E-state index contributed by atoms with van der Waals surface area (Å²) in [7, 11) is 3.85. The van der Waals surface area contributed by atoms with Crippen LogP contribution >= 0.6 is 0 Å². The summed E-state index contributed by atoms with van der Waals surface area (Å²) in [6, 6.07) is 6.38. The molecule has 0 bridgehead atoms. The van der Waals surface area contributed by atoms with E-state index in [2.05, 4.69) is 76.1 Å². The van der Waals surface area contributed by atoms with Gasteiger partial charge in [0, 0.05) is 23.6 Å².